The highest BCUT2D eigenvalue weighted by Gasteiger charge is 2.50. The number of likely N-dealkylation sites (tertiary alicyclic amines) is 1. The standard InChI is InChI=1S/C20H26N2O3/c1-12(2)14-8-10-15(11-9-14)21-18(23)13(3)22-19(24)16-6-4-5-7-17(16)20(22)25/h8-13,16-17H,4-7H2,1-3H3,(H,21,23). The summed E-state index contributed by atoms with van der Waals surface area (Å²) in [6.45, 7) is 5.85. The number of carbonyl (C=O) groups excluding carboxylic acids is 3. The smallest absolute Gasteiger partial charge is 0.247 e. The molecule has 3 unspecified atom stereocenters. The molecule has 0 aromatic heterocycles. The zero-order valence-electron chi connectivity index (χ0n) is 15.1. The molecule has 1 aromatic carbocycles. The van der Waals surface area contributed by atoms with Gasteiger partial charge in [-0.1, -0.05) is 38.8 Å². The van der Waals surface area contributed by atoms with Gasteiger partial charge in [0.25, 0.3) is 0 Å². The lowest BCUT2D eigenvalue weighted by Gasteiger charge is -2.22. The summed E-state index contributed by atoms with van der Waals surface area (Å²) in [5, 5.41) is 2.82. The Labute approximate surface area is 148 Å². The van der Waals surface area contributed by atoms with Crippen molar-refractivity contribution in [3.05, 3.63) is 29.8 Å². The van der Waals surface area contributed by atoms with E-state index >= 15 is 0 Å². The molecule has 1 saturated carbocycles. The molecule has 0 bridgehead atoms. The van der Waals surface area contributed by atoms with Crippen LogP contribution in [0.4, 0.5) is 5.69 Å². The van der Waals surface area contributed by atoms with Gasteiger partial charge in [0.1, 0.15) is 6.04 Å². The van der Waals surface area contributed by atoms with Gasteiger partial charge in [-0.15, -0.1) is 0 Å². The van der Waals surface area contributed by atoms with Crippen LogP contribution in [0.2, 0.25) is 0 Å². The molecule has 1 heterocycles. The summed E-state index contributed by atoms with van der Waals surface area (Å²) in [5.41, 5.74) is 1.87. The lowest BCUT2D eigenvalue weighted by Crippen LogP contribution is -2.46. The minimum absolute atomic E-state index is 0.174. The van der Waals surface area contributed by atoms with Gasteiger partial charge < -0.3 is 5.32 Å². The Hall–Kier alpha value is -2.17. The third-order valence-corrected chi connectivity index (χ3v) is 5.49. The van der Waals surface area contributed by atoms with Crippen molar-refractivity contribution in [2.24, 2.45) is 11.8 Å². The first kappa shape index (κ1) is 17.6. The SMILES string of the molecule is CC(C)c1ccc(NC(=O)C(C)N2C(=O)C3CCCCC3C2=O)cc1. The highest BCUT2D eigenvalue weighted by molar-refractivity contribution is 6.09. The van der Waals surface area contributed by atoms with Crippen molar-refractivity contribution in [1.82, 2.24) is 4.90 Å². The van der Waals surface area contributed by atoms with Crippen LogP contribution in [-0.4, -0.2) is 28.7 Å². The van der Waals surface area contributed by atoms with Crippen LogP contribution in [0.1, 0.15) is 57.9 Å². The van der Waals surface area contributed by atoms with Crippen LogP contribution in [0.3, 0.4) is 0 Å². The van der Waals surface area contributed by atoms with Crippen LogP contribution in [0.5, 0.6) is 0 Å². The maximum Gasteiger partial charge on any atom is 0.247 e. The molecule has 2 fully saturated rings. The van der Waals surface area contributed by atoms with Crippen LogP contribution >= 0.6 is 0 Å². The molecule has 2 aliphatic rings. The lowest BCUT2D eigenvalue weighted by atomic mass is 9.81. The zero-order chi connectivity index (χ0) is 18.1. The highest BCUT2D eigenvalue weighted by Crippen LogP contribution is 2.38. The van der Waals surface area contributed by atoms with Gasteiger partial charge in [-0.2, -0.15) is 0 Å². The van der Waals surface area contributed by atoms with E-state index in [2.05, 4.69) is 19.2 Å². The Morgan fingerprint density at radius 1 is 1.00 bits per heavy atom. The molecule has 1 N–H and O–H groups in total. The largest absolute Gasteiger partial charge is 0.324 e. The number of carbonyl (C=O) groups is 3. The zero-order valence-corrected chi connectivity index (χ0v) is 15.1. The van der Waals surface area contributed by atoms with Crippen LogP contribution in [0.25, 0.3) is 0 Å². The van der Waals surface area contributed by atoms with Crippen LogP contribution < -0.4 is 5.32 Å². The van der Waals surface area contributed by atoms with Gasteiger partial charge in [0.2, 0.25) is 17.7 Å². The van der Waals surface area contributed by atoms with Gasteiger partial charge in [-0.05, 0) is 43.4 Å². The number of rotatable bonds is 4. The van der Waals surface area contributed by atoms with Crippen molar-refractivity contribution in [3.8, 4) is 0 Å². The molecule has 1 aliphatic heterocycles. The van der Waals surface area contributed by atoms with Gasteiger partial charge in [-0.3, -0.25) is 19.3 Å². The molecule has 3 amide bonds. The Bertz CT molecular complexity index is 657. The maximum absolute atomic E-state index is 12.6. The van der Waals surface area contributed by atoms with Gasteiger partial charge >= 0.3 is 0 Å². The van der Waals surface area contributed by atoms with Gasteiger partial charge in [0, 0.05) is 5.69 Å². The fraction of sp³-hybridized carbons (Fsp3) is 0.550. The van der Waals surface area contributed by atoms with E-state index in [-0.39, 0.29) is 29.6 Å². The molecular weight excluding hydrogens is 316 g/mol. The molecule has 1 aliphatic carbocycles. The fourth-order valence-corrected chi connectivity index (χ4v) is 3.88. The monoisotopic (exact) mass is 342 g/mol. The molecule has 3 atom stereocenters. The normalized spacial score (nSPS) is 24.4. The average molecular weight is 342 g/mol. The minimum Gasteiger partial charge on any atom is -0.324 e. The molecule has 1 aromatic rings. The van der Waals surface area contributed by atoms with E-state index in [4.69, 9.17) is 0 Å². The minimum atomic E-state index is -0.782. The second kappa shape index (κ2) is 6.98. The Balaban J connectivity index is 1.69. The molecule has 25 heavy (non-hydrogen) atoms. The molecule has 134 valence electrons. The number of fused-ring (bicyclic) bond motifs is 1. The van der Waals surface area contributed by atoms with Gasteiger partial charge in [-0.25, -0.2) is 0 Å². The molecule has 1 saturated heterocycles. The average Bonchev–Trinajstić information content (AvgIpc) is 2.86. The third kappa shape index (κ3) is 3.32. The van der Waals surface area contributed by atoms with Crippen molar-refractivity contribution < 1.29 is 14.4 Å². The van der Waals surface area contributed by atoms with E-state index in [1.54, 1.807) is 6.92 Å². The van der Waals surface area contributed by atoms with Crippen LogP contribution in [-0.2, 0) is 14.4 Å². The second-order valence-electron chi connectivity index (χ2n) is 7.49. The molecular formula is C20H26N2O3. The predicted octanol–water partition coefficient (Wildman–Crippen LogP) is 3.31. The lowest BCUT2D eigenvalue weighted by molar-refractivity contribution is -0.146. The topological polar surface area (TPSA) is 66.5 Å². The number of hydrogen-bond acceptors (Lipinski definition) is 3. The number of anilines is 1. The third-order valence-electron chi connectivity index (χ3n) is 5.49. The molecule has 0 radical (unpaired) electrons. The number of hydrogen-bond donors (Lipinski definition) is 1. The van der Waals surface area contributed by atoms with E-state index in [0.717, 1.165) is 25.7 Å². The molecule has 3 rings (SSSR count). The second-order valence-corrected chi connectivity index (χ2v) is 7.49. The Kier molecular flexibility index (Phi) is 4.93. The first-order chi connectivity index (χ1) is 11.9. The quantitative estimate of drug-likeness (QED) is 0.854. The maximum atomic E-state index is 12.6. The first-order valence-corrected chi connectivity index (χ1v) is 9.18. The number of amides is 3. The van der Waals surface area contributed by atoms with Gasteiger partial charge in [0.05, 0.1) is 11.8 Å². The number of benzene rings is 1. The van der Waals surface area contributed by atoms with Crippen molar-refractivity contribution in [2.45, 2.75) is 58.4 Å². The number of imide groups is 1. The van der Waals surface area contributed by atoms with E-state index in [1.807, 2.05) is 24.3 Å². The van der Waals surface area contributed by atoms with E-state index in [0.29, 0.717) is 11.6 Å². The summed E-state index contributed by atoms with van der Waals surface area (Å²) >= 11 is 0. The van der Waals surface area contributed by atoms with Gasteiger partial charge in [0.15, 0.2) is 0 Å². The summed E-state index contributed by atoms with van der Waals surface area (Å²) < 4.78 is 0. The van der Waals surface area contributed by atoms with Crippen molar-refractivity contribution in [2.75, 3.05) is 5.32 Å². The summed E-state index contributed by atoms with van der Waals surface area (Å²) in [4.78, 5) is 38.9. The fourth-order valence-electron chi connectivity index (χ4n) is 3.88. The van der Waals surface area contributed by atoms with E-state index in [1.165, 1.54) is 10.5 Å². The summed E-state index contributed by atoms with van der Waals surface area (Å²) in [7, 11) is 0. The highest BCUT2D eigenvalue weighted by atomic mass is 16.2. The molecule has 5 nitrogen and oxygen atoms in total. The van der Waals surface area contributed by atoms with Crippen LogP contribution in [0.15, 0.2) is 24.3 Å². The Morgan fingerprint density at radius 2 is 1.52 bits per heavy atom. The van der Waals surface area contributed by atoms with E-state index < -0.39 is 6.04 Å². The number of nitrogens with one attached hydrogen (secondary N) is 1. The Morgan fingerprint density at radius 3 is 2.00 bits per heavy atom. The summed E-state index contributed by atoms with van der Waals surface area (Å²) in [6, 6.07) is 6.88. The predicted molar refractivity (Wildman–Crippen MR) is 95.9 cm³/mol. The first-order valence-electron chi connectivity index (χ1n) is 9.18. The van der Waals surface area contributed by atoms with Crippen molar-refractivity contribution in [3.63, 3.8) is 0 Å². The summed E-state index contributed by atoms with van der Waals surface area (Å²) in [6.07, 6.45) is 3.49. The molecule has 0 spiro atoms. The van der Waals surface area contributed by atoms with Crippen molar-refractivity contribution in [1.29, 1.82) is 0 Å². The number of nitrogens with zero attached hydrogens (tertiary/aromatic N) is 1. The van der Waals surface area contributed by atoms with E-state index in [9.17, 15) is 14.4 Å². The molecule has 5 heteroatoms. The summed E-state index contributed by atoms with van der Waals surface area (Å²) in [5.74, 6) is -0.687. The van der Waals surface area contributed by atoms with Crippen LogP contribution in [0, 0.1) is 11.8 Å². The van der Waals surface area contributed by atoms with Crippen molar-refractivity contribution >= 4 is 23.4 Å².